The highest BCUT2D eigenvalue weighted by Crippen LogP contribution is 2.15. The Balaban J connectivity index is 3.02. The van der Waals surface area contributed by atoms with Gasteiger partial charge in [-0.3, -0.25) is 9.88 Å². The standard InChI is InChI=1S/C8H10N2O2/c1-6-3-4-9-5-7(6)10(2)8(11)12/h3-5H,1-2H3,(H,11,12). The summed E-state index contributed by atoms with van der Waals surface area (Å²) in [5, 5.41) is 8.66. The first kappa shape index (κ1) is 8.52. The summed E-state index contributed by atoms with van der Waals surface area (Å²) in [4.78, 5) is 15.5. The van der Waals surface area contributed by atoms with Crippen LogP contribution in [0.4, 0.5) is 10.5 Å². The summed E-state index contributed by atoms with van der Waals surface area (Å²) in [6, 6.07) is 1.77. The number of hydrogen-bond acceptors (Lipinski definition) is 2. The lowest BCUT2D eigenvalue weighted by Crippen LogP contribution is -2.24. The number of nitrogens with zero attached hydrogens (tertiary/aromatic N) is 2. The lowest BCUT2D eigenvalue weighted by atomic mass is 10.2. The van der Waals surface area contributed by atoms with Crippen LogP contribution in [0.1, 0.15) is 5.56 Å². The summed E-state index contributed by atoms with van der Waals surface area (Å²) in [5.41, 5.74) is 1.51. The van der Waals surface area contributed by atoms with E-state index in [0.717, 1.165) is 10.5 Å². The maximum absolute atomic E-state index is 10.6. The van der Waals surface area contributed by atoms with Gasteiger partial charge in [0, 0.05) is 13.2 Å². The van der Waals surface area contributed by atoms with E-state index < -0.39 is 6.09 Å². The molecular weight excluding hydrogens is 156 g/mol. The third kappa shape index (κ3) is 1.53. The highest BCUT2D eigenvalue weighted by atomic mass is 16.4. The van der Waals surface area contributed by atoms with E-state index in [2.05, 4.69) is 4.98 Å². The van der Waals surface area contributed by atoms with Crippen LogP contribution >= 0.6 is 0 Å². The number of amides is 1. The lowest BCUT2D eigenvalue weighted by molar-refractivity contribution is 0.203. The zero-order valence-electron chi connectivity index (χ0n) is 6.98. The first-order valence-corrected chi connectivity index (χ1v) is 3.50. The number of pyridine rings is 1. The molecule has 0 bridgehead atoms. The third-order valence-electron chi connectivity index (χ3n) is 1.66. The molecule has 0 atom stereocenters. The molecule has 1 amide bonds. The Morgan fingerprint density at radius 1 is 1.67 bits per heavy atom. The Hall–Kier alpha value is -1.58. The average molecular weight is 166 g/mol. The molecule has 0 unspecified atom stereocenters. The number of carboxylic acid groups (broad SMARTS) is 1. The van der Waals surface area contributed by atoms with E-state index in [0.29, 0.717) is 5.69 Å². The van der Waals surface area contributed by atoms with Gasteiger partial charge < -0.3 is 5.11 Å². The molecule has 1 N–H and O–H groups in total. The number of carbonyl (C=O) groups is 1. The van der Waals surface area contributed by atoms with Gasteiger partial charge >= 0.3 is 6.09 Å². The summed E-state index contributed by atoms with van der Waals surface area (Å²) in [5.74, 6) is 0. The minimum atomic E-state index is -0.980. The maximum atomic E-state index is 10.6. The van der Waals surface area contributed by atoms with Crippen LogP contribution in [0.25, 0.3) is 0 Å². The Bertz CT molecular complexity index is 299. The molecule has 0 aromatic carbocycles. The third-order valence-corrected chi connectivity index (χ3v) is 1.66. The molecule has 0 aliphatic rings. The van der Waals surface area contributed by atoms with E-state index in [9.17, 15) is 4.79 Å². The monoisotopic (exact) mass is 166 g/mol. The van der Waals surface area contributed by atoms with Crippen molar-refractivity contribution >= 4 is 11.8 Å². The van der Waals surface area contributed by atoms with Gasteiger partial charge in [-0.2, -0.15) is 0 Å². The predicted octanol–water partition coefficient (Wildman–Crippen LogP) is 1.50. The van der Waals surface area contributed by atoms with Gasteiger partial charge in [0.05, 0.1) is 11.9 Å². The van der Waals surface area contributed by atoms with Crippen LogP contribution in [0.5, 0.6) is 0 Å². The molecule has 4 nitrogen and oxygen atoms in total. The van der Waals surface area contributed by atoms with E-state index in [1.54, 1.807) is 12.3 Å². The fourth-order valence-corrected chi connectivity index (χ4v) is 0.910. The molecule has 64 valence electrons. The molecule has 0 aliphatic heterocycles. The molecule has 12 heavy (non-hydrogen) atoms. The first-order chi connectivity index (χ1) is 5.63. The van der Waals surface area contributed by atoms with Gasteiger partial charge in [-0.15, -0.1) is 0 Å². The van der Waals surface area contributed by atoms with Crippen LogP contribution in [0, 0.1) is 6.92 Å². The topological polar surface area (TPSA) is 53.4 Å². The van der Waals surface area contributed by atoms with Gasteiger partial charge in [0.15, 0.2) is 0 Å². The fourth-order valence-electron chi connectivity index (χ4n) is 0.910. The zero-order valence-corrected chi connectivity index (χ0v) is 6.98. The molecule has 1 aromatic heterocycles. The minimum absolute atomic E-state index is 0.616. The second-order valence-electron chi connectivity index (χ2n) is 2.50. The van der Waals surface area contributed by atoms with Crippen LogP contribution in [0.2, 0.25) is 0 Å². The van der Waals surface area contributed by atoms with Crippen molar-refractivity contribution in [1.82, 2.24) is 4.98 Å². The maximum Gasteiger partial charge on any atom is 0.411 e. The molecular formula is C8H10N2O2. The van der Waals surface area contributed by atoms with Crippen LogP contribution < -0.4 is 4.90 Å². The van der Waals surface area contributed by atoms with Gasteiger partial charge in [0.1, 0.15) is 0 Å². The van der Waals surface area contributed by atoms with E-state index in [4.69, 9.17) is 5.11 Å². The summed E-state index contributed by atoms with van der Waals surface area (Å²) in [6.07, 6.45) is 2.18. The molecule has 0 radical (unpaired) electrons. The second kappa shape index (κ2) is 3.21. The number of aromatic nitrogens is 1. The number of hydrogen-bond donors (Lipinski definition) is 1. The number of aryl methyl sites for hydroxylation is 1. The van der Waals surface area contributed by atoms with E-state index in [1.165, 1.54) is 13.2 Å². The van der Waals surface area contributed by atoms with Crippen molar-refractivity contribution in [2.24, 2.45) is 0 Å². The van der Waals surface area contributed by atoms with Crippen molar-refractivity contribution in [3.8, 4) is 0 Å². The van der Waals surface area contributed by atoms with Crippen LogP contribution in [-0.2, 0) is 0 Å². The van der Waals surface area contributed by atoms with Crippen LogP contribution in [0.15, 0.2) is 18.5 Å². The van der Waals surface area contributed by atoms with Gasteiger partial charge in [0.2, 0.25) is 0 Å². The van der Waals surface area contributed by atoms with E-state index in [-0.39, 0.29) is 0 Å². The first-order valence-electron chi connectivity index (χ1n) is 3.50. The Morgan fingerprint density at radius 3 is 2.83 bits per heavy atom. The van der Waals surface area contributed by atoms with Crippen LogP contribution in [-0.4, -0.2) is 23.2 Å². The molecule has 0 spiro atoms. The van der Waals surface area contributed by atoms with Crippen molar-refractivity contribution in [1.29, 1.82) is 0 Å². The molecule has 1 aromatic rings. The average Bonchev–Trinajstić information content (AvgIpc) is 2.04. The second-order valence-corrected chi connectivity index (χ2v) is 2.50. The molecule has 0 saturated heterocycles. The van der Waals surface area contributed by atoms with Gasteiger partial charge in [-0.25, -0.2) is 4.79 Å². The molecule has 0 saturated carbocycles. The summed E-state index contributed by atoms with van der Waals surface area (Å²) in [6.45, 7) is 1.84. The molecule has 0 fully saturated rings. The van der Waals surface area contributed by atoms with Crippen molar-refractivity contribution in [3.05, 3.63) is 24.0 Å². The SMILES string of the molecule is Cc1ccncc1N(C)C(=O)O. The highest BCUT2D eigenvalue weighted by Gasteiger charge is 2.09. The normalized spacial score (nSPS) is 9.50. The van der Waals surface area contributed by atoms with Crippen LogP contribution in [0.3, 0.4) is 0 Å². The highest BCUT2D eigenvalue weighted by molar-refractivity contribution is 5.85. The van der Waals surface area contributed by atoms with Crippen molar-refractivity contribution in [2.45, 2.75) is 6.92 Å². The Labute approximate surface area is 70.5 Å². The van der Waals surface area contributed by atoms with Crippen molar-refractivity contribution in [3.63, 3.8) is 0 Å². The van der Waals surface area contributed by atoms with Gasteiger partial charge in [-0.05, 0) is 18.6 Å². The minimum Gasteiger partial charge on any atom is -0.465 e. The summed E-state index contributed by atoms with van der Waals surface area (Å²) < 4.78 is 0. The predicted molar refractivity (Wildman–Crippen MR) is 45.4 cm³/mol. The number of anilines is 1. The molecule has 1 heterocycles. The molecule has 1 rings (SSSR count). The smallest absolute Gasteiger partial charge is 0.411 e. The summed E-state index contributed by atoms with van der Waals surface area (Å²) in [7, 11) is 1.49. The lowest BCUT2D eigenvalue weighted by Gasteiger charge is -2.14. The summed E-state index contributed by atoms with van der Waals surface area (Å²) >= 11 is 0. The molecule has 4 heteroatoms. The van der Waals surface area contributed by atoms with Crippen molar-refractivity contribution < 1.29 is 9.90 Å². The quantitative estimate of drug-likeness (QED) is 0.687. The Morgan fingerprint density at radius 2 is 2.33 bits per heavy atom. The van der Waals surface area contributed by atoms with E-state index in [1.807, 2.05) is 6.92 Å². The van der Waals surface area contributed by atoms with E-state index >= 15 is 0 Å². The number of rotatable bonds is 1. The molecule has 0 aliphatic carbocycles. The Kier molecular flexibility index (Phi) is 2.28. The fraction of sp³-hybridized carbons (Fsp3) is 0.250. The largest absolute Gasteiger partial charge is 0.465 e. The van der Waals surface area contributed by atoms with Gasteiger partial charge in [-0.1, -0.05) is 0 Å². The zero-order chi connectivity index (χ0) is 9.14. The van der Waals surface area contributed by atoms with Crippen molar-refractivity contribution in [2.75, 3.05) is 11.9 Å². The van der Waals surface area contributed by atoms with Gasteiger partial charge in [0.25, 0.3) is 0 Å².